The van der Waals surface area contributed by atoms with Gasteiger partial charge in [-0.3, -0.25) is 0 Å². The Bertz CT molecular complexity index is 1100. The molecule has 0 unspecified atom stereocenters. The van der Waals surface area contributed by atoms with E-state index in [2.05, 4.69) is 0 Å². The fraction of sp³-hybridized carbons (Fsp3) is 0.263. The molecule has 0 radical (unpaired) electrons. The number of ether oxygens (including phenoxy) is 1. The molecule has 28 heavy (non-hydrogen) atoms. The monoisotopic (exact) mass is 411 g/mol. The summed E-state index contributed by atoms with van der Waals surface area (Å²) in [4.78, 5) is 0.0959. The van der Waals surface area contributed by atoms with Crippen molar-refractivity contribution in [2.24, 2.45) is 0 Å². The molecule has 2 heterocycles. The summed E-state index contributed by atoms with van der Waals surface area (Å²) in [5.74, 6) is 0. The maximum Gasteiger partial charge on any atom is 0.420 e. The molecule has 148 valence electrons. The van der Waals surface area contributed by atoms with Crippen molar-refractivity contribution in [2.75, 3.05) is 26.3 Å². The van der Waals surface area contributed by atoms with E-state index in [1.165, 1.54) is 40.9 Å². The molecule has 2 aromatic carbocycles. The number of benzene rings is 2. The van der Waals surface area contributed by atoms with Crippen LogP contribution in [0, 0.1) is 0 Å². The van der Waals surface area contributed by atoms with E-state index in [1.807, 2.05) is 0 Å². The number of hydrogen-bond acceptors (Lipinski definition) is 4. The number of fused-ring (bicyclic) bond motifs is 1. The van der Waals surface area contributed by atoms with E-state index in [-0.39, 0.29) is 23.6 Å². The fourth-order valence-corrected chi connectivity index (χ4v) is 4.62. The topological polar surface area (TPSA) is 59.8 Å². The van der Waals surface area contributed by atoms with E-state index in [0.29, 0.717) is 29.7 Å². The van der Waals surface area contributed by atoms with Crippen LogP contribution < -0.4 is 0 Å². The van der Waals surface area contributed by atoms with Crippen molar-refractivity contribution < 1.29 is 30.7 Å². The second kappa shape index (κ2) is 6.91. The highest BCUT2D eigenvalue weighted by Gasteiger charge is 2.35. The summed E-state index contributed by atoms with van der Waals surface area (Å²) in [6.07, 6.45) is -3.35. The van der Waals surface area contributed by atoms with Crippen molar-refractivity contribution in [3.63, 3.8) is 0 Å². The molecule has 1 fully saturated rings. The molecule has 0 bridgehead atoms. The van der Waals surface area contributed by atoms with Crippen LogP contribution in [-0.2, 0) is 20.9 Å². The molecule has 1 aliphatic rings. The Morgan fingerprint density at radius 3 is 2.25 bits per heavy atom. The van der Waals surface area contributed by atoms with Crippen LogP contribution in [0.4, 0.5) is 13.2 Å². The average molecular weight is 411 g/mol. The van der Waals surface area contributed by atoms with Crippen molar-refractivity contribution in [3.8, 4) is 11.1 Å². The summed E-state index contributed by atoms with van der Waals surface area (Å²) in [6.45, 7) is 1.22. The Hall–Kier alpha value is -2.36. The van der Waals surface area contributed by atoms with E-state index in [1.54, 1.807) is 6.07 Å². The standard InChI is InChI=1S/C19H16F3NO4S/c20-19(21,22)17-12-15(11-14-5-8-27-18(14)17)13-1-3-16(4-2-13)28(24,25)23-6-9-26-10-7-23/h1-5,8,11-12H,6-7,9-10H2. The van der Waals surface area contributed by atoms with E-state index in [0.717, 1.165) is 6.07 Å². The van der Waals surface area contributed by atoms with Crippen molar-refractivity contribution >= 4 is 21.0 Å². The van der Waals surface area contributed by atoms with Gasteiger partial charge in [-0.2, -0.15) is 17.5 Å². The normalized spacial score (nSPS) is 16.5. The zero-order chi connectivity index (χ0) is 19.9. The molecule has 1 saturated heterocycles. The van der Waals surface area contributed by atoms with Gasteiger partial charge >= 0.3 is 6.18 Å². The molecule has 0 aliphatic carbocycles. The summed E-state index contributed by atoms with van der Waals surface area (Å²) in [5.41, 5.74) is -0.274. The second-order valence-corrected chi connectivity index (χ2v) is 8.34. The predicted molar refractivity (Wildman–Crippen MR) is 96.2 cm³/mol. The lowest BCUT2D eigenvalue weighted by Crippen LogP contribution is -2.40. The zero-order valence-electron chi connectivity index (χ0n) is 14.6. The zero-order valence-corrected chi connectivity index (χ0v) is 15.4. The number of rotatable bonds is 3. The maximum atomic E-state index is 13.4. The van der Waals surface area contributed by atoms with Crippen LogP contribution in [0.15, 0.2) is 58.0 Å². The van der Waals surface area contributed by atoms with Gasteiger partial charge in [0, 0.05) is 18.5 Å². The minimum Gasteiger partial charge on any atom is -0.464 e. The Labute approximate surface area is 159 Å². The number of hydrogen-bond donors (Lipinski definition) is 0. The Balaban J connectivity index is 1.71. The lowest BCUT2D eigenvalue weighted by Gasteiger charge is -2.26. The number of alkyl halides is 3. The third-order valence-electron chi connectivity index (χ3n) is 4.65. The summed E-state index contributed by atoms with van der Waals surface area (Å²) < 4.78 is 76.9. The molecule has 1 aromatic heterocycles. The van der Waals surface area contributed by atoms with Crippen molar-refractivity contribution in [1.29, 1.82) is 0 Å². The second-order valence-electron chi connectivity index (χ2n) is 6.40. The molecule has 3 aromatic rings. The van der Waals surface area contributed by atoms with Crippen LogP contribution in [-0.4, -0.2) is 39.0 Å². The van der Waals surface area contributed by atoms with Crippen LogP contribution in [0.3, 0.4) is 0 Å². The Kier molecular flexibility index (Phi) is 4.68. The smallest absolute Gasteiger partial charge is 0.420 e. The number of nitrogens with zero attached hydrogens (tertiary/aromatic N) is 1. The summed E-state index contributed by atoms with van der Waals surface area (Å²) in [7, 11) is -3.66. The lowest BCUT2D eigenvalue weighted by atomic mass is 10.0. The van der Waals surface area contributed by atoms with Crippen molar-refractivity contribution in [3.05, 3.63) is 54.3 Å². The number of furan rings is 1. The highest BCUT2D eigenvalue weighted by molar-refractivity contribution is 7.89. The molecule has 0 saturated carbocycles. The highest BCUT2D eigenvalue weighted by atomic mass is 32.2. The summed E-state index contributed by atoms with van der Waals surface area (Å²) >= 11 is 0. The SMILES string of the molecule is O=S(=O)(c1ccc(-c2cc(C(F)(F)F)c3occc3c2)cc1)N1CCOCC1. The van der Waals surface area contributed by atoms with Gasteiger partial charge in [0.2, 0.25) is 10.0 Å². The predicted octanol–water partition coefficient (Wildman–Crippen LogP) is 4.14. The first-order chi connectivity index (χ1) is 13.3. The van der Waals surface area contributed by atoms with Crippen LogP contribution in [0.2, 0.25) is 0 Å². The molecule has 0 atom stereocenters. The first-order valence-corrected chi connectivity index (χ1v) is 9.97. The van der Waals surface area contributed by atoms with Gasteiger partial charge in [0.1, 0.15) is 5.58 Å². The van der Waals surface area contributed by atoms with Gasteiger partial charge in [0.15, 0.2) is 0 Å². The number of halogens is 3. The number of sulfonamides is 1. The molecular formula is C19H16F3NO4S. The minimum atomic E-state index is -4.56. The summed E-state index contributed by atoms with van der Waals surface area (Å²) in [6, 6.07) is 9.89. The Morgan fingerprint density at radius 2 is 1.61 bits per heavy atom. The van der Waals surface area contributed by atoms with Crippen LogP contribution in [0.5, 0.6) is 0 Å². The quantitative estimate of drug-likeness (QED) is 0.650. The van der Waals surface area contributed by atoms with Gasteiger partial charge in [-0.25, -0.2) is 8.42 Å². The average Bonchev–Trinajstić information content (AvgIpc) is 3.16. The maximum absolute atomic E-state index is 13.4. The molecule has 1 aliphatic heterocycles. The van der Waals surface area contributed by atoms with Gasteiger partial charge in [0.25, 0.3) is 0 Å². The van der Waals surface area contributed by atoms with Crippen molar-refractivity contribution in [1.82, 2.24) is 4.31 Å². The van der Waals surface area contributed by atoms with Gasteiger partial charge in [0.05, 0.1) is 29.9 Å². The molecule has 5 nitrogen and oxygen atoms in total. The van der Waals surface area contributed by atoms with Gasteiger partial charge < -0.3 is 9.15 Å². The largest absolute Gasteiger partial charge is 0.464 e. The summed E-state index contributed by atoms with van der Waals surface area (Å²) in [5, 5.41) is 0.329. The molecule has 4 rings (SSSR count). The van der Waals surface area contributed by atoms with E-state index in [4.69, 9.17) is 9.15 Å². The first-order valence-electron chi connectivity index (χ1n) is 8.53. The molecule has 0 N–H and O–H groups in total. The van der Waals surface area contributed by atoms with Gasteiger partial charge in [-0.15, -0.1) is 0 Å². The molecule has 0 amide bonds. The lowest BCUT2D eigenvalue weighted by molar-refractivity contribution is -0.136. The first kappa shape index (κ1) is 19.0. The molecule has 9 heteroatoms. The van der Waals surface area contributed by atoms with E-state index >= 15 is 0 Å². The highest BCUT2D eigenvalue weighted by Crippen LogP contribution is 2.38. The van der Waals surface area contributed by atoms with E-state index < -0.39 is 21.8 Å². The molecule has 0 spiro atoms. The fourth-order valence-electron chi connectivity index (χ4n) is 3.21. The Morgan fingerprint density at radius 1 is 0.929 bits per heavy atom. The van der Waals surface area contributed by atoms with Gasteiger partial charge in [-0.1, -0.05) is 12.1 Å². The van der Waals surface area contributed by atoms with Crippen LogP contribution in [0.1, 0.15) is 5.56 Å². The van der Waals surface area contributed by atoms with E-state index in [9.17, 15) is 21.6 Å². The van der Waals surface area contributed by atoms with Gasteiger partial charge in [-0.05, 0) is 41.5 Å². The third-order valence-corrected chi connectivity index (χ3v) is 6.56. The van der Waals surface area contributed by atoms with Crippen molar-refractivity contribution in [2.45, 2.75) is 11.1 Å². The van der Waals surface area contributed by atoms with Crippen LogP contribution >= 0.6 is 0 Å². The minimum absolute atomic E-state index is 0.0959. The number of morpholine rings is 1. The molecular weight excluding hydrogens is 395 g/mol. The third kappa shape index (κ3) is 3.41. The van der Waals surface area contributed by atoms with Crippen LogP contribution in [0.25, 0.3) is 22.1 Å².